The minimum atomic E-state index is -0.0146. The Morgan fingerprint density at radius 1 is 1.47 bits per heavy atom. The van der Waals surface area contributed by atoms with Crippen LogP contribution in [0, 0.1) is 6.92 Å². The van der Waals surface area contributed by atoms with Crippen molar-refractivity contribution in [1.82, 2.24) is 4.98 Å². The zero-order chi connectivity index (χ0) is 12.7. The Labute approximate surface area is 100 Å². The fourth-order valence-corrected chi connectivity index (χ4v) is 1.26. The lowest BCUT2D eigenvalue weighted by Crippen LogP contribution is -2.16. The first-order valence-corrected chi connectivity index (χ1v) is 5.26. The molecule has 0 fully saturated rings. The smallest absolute Gasteiger partial charge is 0.224 e. The van der Waals surface area contributed by atoms with Gasteiger partial charge in [0, 0.05) is 25.8 Å². The molecule has 94 valence electrons. The summed E-state index contributed by atoms with van der Waals surface area (Å²) in [7, 11) is 1.63. The van der Waals surface area contributed by atoms with Gasteiger partial charge >= 0.3 is 0 Å². The Bertz CT molecular complexity index is 394. The zero-order valence-corrected chi connectivity index (χ0v) is 10.0. The van der Waals surface area contributed by atoms with Gasteiger partial charge in [-0.2, -0.15) is 0 Å². The number of oxime groups is 1. The number of aryl methyl sites for hydroxylation is 1. The van der Waals surface area contributed by atoms with Crippen LogP contribution < -0.4 is 10.5 Å². The number of hydrogen-bond donors (Lipinski definition) is 2. The molecule has 1 aromatic heterocycles. The molecule has 0 amide bonds. The van der Waals surface area contributed by atoms with Gasteiger partial charge in [-0.15, -0.1) is 0 Å². The highest BCUT2D eigenvalue weighted by atomic mass is 16.5. The average molecular weight is 239 g/mol. The van der Waals surface area contributed by atoms with Crippen LogP contribution in [0.5, 0.6) is 5.88 Å². The molecule has 0 aliphatic rings. The van der Waals surface area contributed by atoms with Crippen molar-refractivity contribution >= 4 is 5.84 Å². The fraction of sp³-hybridized carbons (Fsp3) is 0.455. The highest BCUT2D eigenvalue weighted by molar-refractivity contribution is 5.99. The van der Waals surface area contributed by atoms with Gasteiger partial charge in [-0.3, -0.25) is 0 Å². The summed E-state index contributed by atoms with van der Waals surface area (Å²) in [5.74, 6) is 0.357. The van der Waals surface area contributed by atoms with E-state index in [1.807, 2.05) is 6.92 Å². The first-order valence-electron chi connectivity index (χ1n) is 5.26. The first kappa shape index (κ1) is 13.2. The van der Waals surface area contributed by atoms with Crippen molar-refractivity contribution in [3.8, 4) is 5.88 Å². The lowest BCUT2D eigenvalue weighted by atomic mass is 10.2. The molecule has 0 radical (unpaired) electrons. The lowest BCUT2D eigenvalue weighted by Gasteiger charge is -2.09. The number of ether oxygens (including phenoxy) is 2. The molecule has 0 aromatic carbocycles. The quantitative estimate of drug-likeness (QED) is 0.253. The molecule has 3 N–H and O–H groups in total. The number of amidine groups is 1. The Hall–Kier alpha value is -1.82. The van der Waals surface area contributed by atoms with Crippen LogP contribution in [0.4, 0.5) is 0 Å². The van der Waals surface area contributed by atoms with Crippen molar-refractivity contribution < 1.29 is 14.7 Å². The van der Waals surface area contributed by atoms with Crippen molar-refractivity contribution in [2.45, 2.75) is 13.3 Å². The molecule has 0 aliphatic carbocycles. The molecule has 0 spiro atoms. The zero-order valence-electron chi connectivity index (χ0n) is 10.0. The monoisotopic (exact) mass is 239 g/mol. The van der Waals surface area contributed by atoms with Crippen LogP contribution in [0.1, 0.15) is 17.7 Å². The van der Waals surface area contributed by atoms with Crippen molar-refractivity contribution in [3.63, 3.8) is 0 Å². The van der Waals surface area contributed by atoms with Crippen LogP contribution in [-0.4, -0.2) is 36.4 Å². The first-order chi connectivity index (χ1) is 8.19. The number of nitrogens with zero attached hydrogens (tertiary/aromatic N) is 2. The molecule has 1 aromatic rings. The van der Waals surface area contributed by atoms with Crippen LogP contribution in [-0.2, 0) is 4.74 Å². The van der Waals surface area contributed by atoms with Crippen molar-refractivity contribution in [1.29, 1.82) is 0 Å². The van der Waals surface area contributed by atoms with E-state index in [-0.39, 0.29) is 5.84 Å². The SMILES string of the molecule is COCCCOc1nc(C)ccc1C(N)=NO. The van der Waals surface area contributed by atoms with Crippen LogP contribution >= 0.6 is 0 Å². The van der Waals surface area contributed by atoms with Gasteiger partial charge < -0.3 is 20.4 Å². The molecule has 0 saturated carbocycles. The normalized spacial score (nSPS) is 11.5. The predicted octanol–water partition coefficient (Wildman–Crippen LogP) is 0.900. The highest BCUT2D eigenvalue weighted by Gasteiger charge is 2.10. The van der Waals surface area contributed by atoms with Crippen molar-refractivity contribution in [3.05, 3.63) is 23.4 Å². The number of methoxy groups -OCH3 is 1. The standard InChI is InChI=1S/C11H17N3O3/c1-8-4-5-9(10(12)14-15)11(13-8)17-7-3-6-16-2/h4-5,15H,3,6-7H2,1-2H3,(H2,12,14). The van der Waals surface area contributed by atoms with E-state index >= 15 is 0 Å². The molecule has 1 rings (SSSR count). The summed E-state index contributed by atoms with van der Waals surface area (Å²) in [6, 6.07) is 3.48. The Morgan fingerprint density at radius 2 is 2.24 bits per heavy atom. The van der Waals surface area contributed by atoms with Crippen molar-refractivity contribution in [2.24, 2.45) is 10.9 Å². The summed E-state index contributed by atoms with van der Waals surface area (Å²) < 4.78 is 10.4. The van der Waals surface area contributed by atoms with Crippen LogP contribution in [0.2, 0.25) is 0 Å². The van der Waals surface area contributed by atoms with Gasteiger partial charge in [-0.1, -0.05) is 5.16 Å². The second kappa shape index (κ2) is 6.70. The summed E-state index contributed by atoms with van der Waals surface area (Å²) in [5, 5.41) is 11.6. The Kier molecular flexibility index (Phi) is 5.22. The molecule has 1 heterocycles. The maximum Gasteiger partial charge on any atom is 0.224 e. The number of hydrogen-bond acceptors (Lipinski definition) is 5. The maximum absolute atomic E-state index is 8.65. The summed E-state index contributed by atoms with van der Waals surface area (Å²) in [5.41, 5.74) is 6.82. The van der Waals surface area contributed by atoms with Gasteiger partial charge in [-0.25, -0.2) is 4.98 Å². The molecule has 0 atom stereocenters. The largest absolute Gasteiger partial charge is 0.477 e. The minimum absolute atomic E-state index is 0.0146. The summed E-state index contributed by atoms with van der Waals surface area (Å²) >= 11 is 0. The molecule has 0 bridgehead atoms. The number of nitrogens with two attached hydrogens (primary N) is 1. The third-order valence-electron chi connectivity index (χ3n) is 2.11. The topological polar surface area (TPSA) is 90.0 Å². The third kappa shape index (κ3) is 3.92. The highest BCUT2D eigenvalue weighted by Crippen LogP contribution is 2.16. The Morgan fingerprint density at radius 3 is 2.88 bits per heavy atom. The fourth-order valence-electron chi connectivity index (χ4n) is 1.26. The maximum atomic E-state index is 8.65. The van der Waals surface area contributed by atoms with Gasteiger partial charge in [0.1, 0.15) is 0 Å². The summed E-state index contributed by atoms with van der Waals surface area (Å²) in [6.45, 7) is 2.93. The molecule has 0 unspecified atom stereocenters. The van der Waals surface area contributed by atoms with E-state index in [1.54, 1.807) is 19.2 Å². The van der Waals surface area contributed by atoms with E-state index in [0.29, 0.717) is 24.7 Å². The molecular weight excluding hydrogens is 222 g/mol. The molecule has 17 heavy (non-hydrogen) atoms. The second-order valence-corrected chi connectivity index (χ2v) is 3.49. The van der Waals surface area contributed by atoms with Crippen molar-refractivity contribution in [2.75, 3.05) is 20.3 Å². The number of rotatable bonds is 6. The Balaban J connectivity index is 2.77. The molecule has 6 nitrogen and oxygen atoms in total. The van der Waals surface area contributed by atoms with E-state index in [9.17, 15) is 0 Å². The molecule has 0 saturated heterocycles. The van der Waals surface area contributed by atoms with Crippen LogP contribution in [0.25, 0.3) is 0 Å². The minimum Gasteiger partial charge on any atom is -0.477 e. The second-order valence-electron chi connectivity index (χ2n) is 3.49. The van der Waals surface area contributed by atoms with E-state index in [1.165, 1.54) is 0 Å². The van der Waals surface area contributed by atoms with Crippen LogP contribution in [0.15, 0.2) is 17.3 Å². The van der Waals surface area contributed by atoms with Gasteiger partial charge in [0.05, 0.1) is 12.2 Å². The van der Waals surface area contributed by atoms with E-state index in [4.69, 9.17) is 20.4 Å². The number of aromatic nitrogens is 1. The van der Waals surface area contributed by atoms with Gasteiger partial charge in [-0.05, 0) is 19.1 Å². The lowest BCUT2D eigenvalue weighted by molar-refractivity contribution is 0.170. The average Bonchev–Trinajstić information content (AvgIpc) is 2.34. The van der Waals surface area contributed by atoms with Gasteiger partial charge in [0.2, 0.25) is 5.88 Å². The van der Waals surface area contributed by atoms with E-state index < -0.39 is 0 Å². The molecule has 0 aliphatic heterocycles. The third-order valence-corrected chi connectivity index (χ3v) is 2.11. The molecular formula is C11H17N3O3. The summed E-state index contributed by atoms with van der Waals surface area (Å²) in [6.07, 6.45) is 0.752. The summed E-state index contributed by atoms with van der Waals surface area (Å²) in [4.78, 5) is 4.20. The predicted molar refractivity (Wildman–Crippen MR) is 63.5 cm³/mol. The number of pyridine rings is 1. The van der Waals surface area contributed by atoms with Gasteiger partial charge in [0.15, 0.2) is 5.84 Å². The van der Waals surface area contributed by atoms with Crippen LogP contribution in [0.3, 0.4) is 0 Å². The van der Waals surface area contributed by atoms with E-state index in [2.05, 4.69) is 10.1 Å². The van der Waals surface area contributed by atoms with E-state index in [0.717, 1.165) is 12.1 Å². The molecule has 6 heteroatoms. The van der Waals surface area contributed by atoms with Gasteiger partial charge in [0.25, 0.3) is 0 Å².